The van der Waals surface area contributed by atoms with Crippen LogP contribution in [0, 0.1) is 12.3 Å². The summed E-state index contributed by atoms with van der Waals surface area (Å²) in [7, 11) is 1.84. The zero-order chi connectivity index (χ0) is 17.0. The second-order valence-electron chi connectivity index (χ2n) is 7.04. The van der Waals surface area contributed by atoms with E-state index < -0.39 is 0 Å². The van der Waals surface area contributed by atoms with Gasteiger partial charge in [-0.25, -0.2) is 0 Å². The molecule has 6 nitrogen and oxygen atoms in total. The van der Waals surface area contributed by atoms with Crippen molar-refractivity contribution in [2.45, 2.75) is 39.0 Å². The number of aryl methyl sites for hydroxylation is 1. The molecular weight excluding hydrogens is 304 g/mol. The van der Waals surface area contributed by atoms with Crippen LogP contribution in [0.3, 0.4) is 0 Å². The van der Waals surface area contributed by atoms with Gasteiger partial charge in [-0.3, -0.25) is 9.79 Å². The molecule has 3 rings (SSSR count). The van der Waals surface area contributed by atoms with E-state index in [4.69, 9.17) is 4.42 Å². The zero-order valence-corrected chi connectivity index (χ0v) is 14.7. The third kappa shape index (κ3) is 3.57. The van der Waals surface area contributed by atoms with E-state index in [1.165, 1.54) is 25.7 Å². The molecule has 1 spiro atoms. The molecule has 1 saturated heterocycles. The molecule has 1 saturated carbocycles. The minimum atomic E-state index is -0.145. The van der Waals surface area contributed by atoms with Crippen molar-refractivity contribution in [3.63, 3.8) is 0 Å². The molecule has 1 aliphatic heterocycles. The number of aliphatic imine (C=N–C) groups is 1. The Balaban J connectivity index is 1.35. The van der Waals surface area contributed by atoms with Gasteiger partial charge in [-0.1, -0.05) is 6.42 Å². The number of nitrogens with one attached hydrogen (secondary N) is 2. The highest BCUT2D eigenvalue weighted by atomic mass is 16.3. The zero-order valence-electron chi connectivity index (χ0n) is 14.7. The van der Waals surface area contributed by atoms with E-state index in [1.54, 1.807) is 12.3 Å². The SMILES string of the molecule is CN=C(NCCCNC(=O)c1occc1C)N1CCC2(CCC2)C1. The first-order valence-corrected chi connectivity index (χ1v) is 8.91. The molecule has 1 aromatic rings. The molecule has 24 heavy (non-hydrogen) atoms. The van der Waals surface area contributed by atoms with Gasteiger partial charge in [0, 0.05) is 38.8 Å². The van der Waals surface area contributed by atoms with Gasteiger partial charge in [0.2, 0.25) is 0 Å². The van der Waals surface area contributed by atoms with Crippen LogP contribution in [0.15, 0.2) is 21.7 Å². The Bertz CT molecular complexity index is 604. The highest BCUT2D eigenvalue weighted by Gasteiger charge is 2.43. The van der Waals surface area contributed by atoms with Crippen molar-refractivity contribution in [1.82, 2.24) is 15.5 Å². The molecule has 2 aliphatic rings. The monoisotopic (exact) mass is 332 g/mol. The van der Waals surface area contributed by atoms with E-state index in [1.807, 2.05) is 14.0 Å². The summed E-state index contributed by atoms with van der Waals surface area (Å²) in [4.78, 5) is 18.7. The molecule has 1 aliphatic carbocycles. The fraction of sp³-hybridized carbons (Fsp3) is 0.667. The average Bonchev–Trinajstić information content (AvgIpc) is 3.17. The average molecular weight is 332 g/mol. The Morgan fingerprint density at radius 3 is 2.71 bits per heavy atom. The predicted octanol–water partition coefficient (Wildman–Crippen LogP) is 2.16. The lowest BCUT2D eigenvalue weighted by atomic mass is 9.68. The minimum absolute atomic E-state index is 0.145. The van der Waals surface area contributed by atoms with E-state index in [0.717, 1.165) is 37.6 Å². The summed E-state index contributed by atoms with van der Waals surface area (Å²) in [5.41, 5.74) is 1.44. The van der Waals surface area contributed by atoms with Crippen LogP contribution in [0.2, 0.25) is 0 Å². The maximum absolute atomic E-state index is 11.9. The summed E-state index contributed by atoms with van der Waals surface area (Å²) in [5.74, 6) is 1.25. The second-order valence-corrected chi connectivity index (χ2v) is 7.04. The quantitative estimate of drug-likeness (QED) is 0.492. The van der Waals surface area contributed by atoms with Crippen LogP contribution in [0.5, 0.6) is 0 Å². The molecule has 0 radical (unpaired) electrons. The molecule has 0 bridgehead atoms. The normalized spacial score (nSPS) is 19.4. The van der Waals surface area contributed by atoms with Crippen LogP contribution in [-0.4, -0.2) is 50.0 Å². The first kappa shape index (κ1) is 16.9. The lowest BCUT2D eigenvalue weighted by Crippen LogP contribution is -2.43. The van der Waals surface area contributed by atoms with Gasteiger partial charge in [0.1, 0.15) is 0 Å². The maximum Gasteiger partial charge on any atom is 0.287 e. The highest BCUT2D eigenvalue weighted by molar-refractivity contribution is 5.92. The first-order chi connectivity index (χ1) is 11.6. The predicted molar refractivity (Wildman–Crippen MR) is 94.2 cm³/mol. The van der Waals surface area contributed by atoms with Crippen molar-refractivity contribution in [3.05, 3.63) is 23.7 Å². The number of hydrogen-bond acceptors (Lipinski definition) is 3. The number of likely N-dealkylation sites (tertiary alicyclic amines) is 1. The van der Waals surface area contributed by atoms with Crippen LogP contribution < -0.4 is 10.6 Å². The van der Waals surface area contributed by atoms with Gasteiger partial charge in [0.25, 0.3) is 5.91 Å². The number of hydrogen-bond donors (Lipinski definition) is 2. The highest BCUT2D eigenvalue weighted by Crippen LogP contribution is 2.47. The van der Waals surface area contributed by atoms with Crippen LogP contribution in [0.25, 0.3) is 0 Å². The van der Waals surface area contributed by atoms with Crippen molar-refractivity contribution < 1.29 is 9.21 Å². The van der Waals surface area contributed by atoms with E-state index >= 15 is 0 Å². The molecule has 2 N–H and O–H groups in total. The third-order valence-electron chi connectivity index (χ3n) is 5.35. The number of guanidine groups is 1. The van der Waals surface area contributed by atoms with Crippen LogP contribution in [0.1, 0.15) is 48.2 Å². The lowest BCUT2D eigenvalue weighted by molar-refractivity contribution is 0.0925. The Hall–Kier alpha value is -1.98. The number of furan rings is 1. The standard InChI is InChI=1S/C18H28N4O2/c1-14-5-12-24-15(14)16(23)20-9-4-10-21-17(19-2)22-11-8-18(13-22)6-3-7-18/h5,12H,3-4,6-11,13H2,1-2H3,(H,19,21)(H,20,23). The molecule has 2 heterocycles. The van der Waals surface area contributed by atoms with Gasteiger partial charge in [-0.15, -0.1) is 0 Å². The van der Waals surface area contributed by atoms with Crippen LogP contribution >= 0.6 is 0 Å². The number of nitrogens with zero attached hydrogens (tertiary/aromatic N) is 2. The summed E-state index contributed by atoms with van der Waals surface area (Å²) in [5, 5.41) is 6.31. The molecule has 2 fully saturated rings. The first-order valence-electron chi connectivity index (χ1n) is 8.91. The smallest absolute Gasteiger partial charge is 0.287 e. The van der Waals surface area contributed by atoms with E-state index in [2.05, 4.69) is 20.5 Å². The Kier molecular flexibility index (Phi) is 5.11. The topological polar surface area (TPSA) is 69.9 Å². The molecule has 1 aromatic heterocycles. The Labute approximate surface area is 143 Å². The van der Waals surface area contributed by atoms with Gasteiger partial charge in [-0.05, 0) is 44.1 Å². The molecule has 0 unspecified atom stereocenters. The fourth-order valence-corrected chi connectivity index (χ4v) is 3.71. The van der Waals surface area contributed by atoms with Gasteiger partial charge >= 0.3 is 0 Å². The molecule has 0 atom stereocenters. The van der Waals surface area contributed by atoms with Gasteiger partial charge < -0.3 is 20.0 Å². The summed E-state index contributed by atoms with van der Waals surface area (Å²) in [6.45, 7) is 5.53. The minimum Gasteiger partial charge on any atom is -0.459 e. The largest absolute Gasteiger partial charge is 0.459 e. The summed E-state index contributed by atoms with van der Waals surface area (Å²) in [6.07, 6.45) is 7.82. The van der Waals surface area contributed by atoms with Gasteiger partial charge in [-0.2, -0.15) is 0 Å². The lowest BCUT2D eigenvalue weighted by Gasteiger charge is -2.38. The summed E-state index contributed by atoms with van der Waals surface area (Å²) >= 11 is 0. The van der Waals surface area contributed by atoms with E-state index in [9.17, 15) is 4.79 Å². The Morgan fingerprint density at radius 1 is 1.33 bits per heavy atom. The van der Waals surface area contributed by atoms with Crippen molar-refractivity contribution in [1.29, 1.82) is 0 Å². The van der Waals surface area contributed by atoms with Gasteiger partial charge in [0.05, 0.1) is 6.26 Å². The van der Waals surface area contributed by atoms with Crippen molar-refractivity contribution in [2.24, 2.45) is 10.4 Å². The van der Waals surface area contributed by atoms with Gasteiger partial charge in [0.15, 0.2) is 11.7 Å². The number of amides is 1. The summed E-state index contributed by atoms with van der Waals surface area (Å²) < 4.78 is 5.19. The van der Waals surface area contributed by atoms with Crippen LogP contribution in [-0.2, 0) is 0 Å². The second kappa shape index (κ2) is 7.28. The van der Waals surface area contributed by atoms with Crippen molar-refractivity contribution in [2.75, 3.05) is 33.2 Å². The molecule has 132 valence electrons. The Morgan fingerprint density at radius 2 is 2.12 bits per heavy atom. The number of rotatable bonds is 5. The third-order valence-corrected chi connectivity index (χ3v) is 5.35. The summed E-state index contributed by atoms with van der Waals surface area (Å²) in [6, 6.07) is 1.80. The van der Waals surface area contributed by atoms with E-state index in [0.29, 0.717) is 17.7 Å². The van der Waals surface area contributed by atoms with Crippen molar-refractivity contribution >= 4 is 11.9 Å². The molecule has 0 aromatic carbocycles. The fourth-order valence-electron chi connectivity index (χ4n) is 3.71. The van der Waals surface area contributed by atoms with Crippen LogP contribution in [0.4, 0.5) is 0 Å². The number of carbonyl (C=O) groups is 1. The maximum atomic E-state index is 11.9. The number of carbonyl (C=O) groups excluding carboxylic acids is 1. The van der Waals surface area contributed by atoms with E-state index in [-0.39, 0.29) is 5.91 Å². The van der Waals surface area contributed by atoms with Crippen molar-refractivity contribution in [3.8, 4) is 0 Å². The molecule has 1 amide bonds. The molecular formula is C18H28N4O2. The molecule has 6 heteroatoms.